The molecule has 1 saturated heterocycles. The predicted molar refractivity (Wildman–Crippen MR) is 130 cm³/mol. The highest BCUT2D eigenvalue weighted by atomic mass is 35.5. The van der Waals surface area contributed by atoms with Crippen LogP contribution in [0.3, 0.4) is 0 Å². The zero-order chi connectivity index (χ0) is 22.9. The second-order valence-corrected chi connectivity index (χ2v) is 8.79. The normalized spacial score (nSPS) is 14.0. The standard InChI is InChI=1S/C26H25ClN4O2/c1-18-8-9-23(19(2)15-18)31-24(17-22(28-31)25-7-4-14-33-25)26(32)30-12-10-29(11-13-30)21-6-3-5-20(27)16-21/h3-9,14-17H,10-13H2,1-2H3. The number of aromatic nitrogens is 2. The molecule has 0 aliphatic carbocycles. The van der Waals surface area contributed by atoms with Gasteiger partial charge in [0.1, 0.15) is 11.4 Å². The van der Waals surface area contributed by atoms with E-state index < -0.39 is 0 Å². The average Bonchev–Trinajstić information content (AvgIpc) is 3.49. The van der Waals surface area contributed by atoms with Crippen LogP contribution in [-0.2, 0) is 0 Å². The Bertz CT molecular complexity index is 1290. The minimum Gasteiger partial charge on any atom is -0.463 e. The molecule has 33 heavy (non-hydrogen) atoms. The van der Waals surface area contributed by atoms with Gasteiger partial charge >= 0.3 is 0 Å². The number of benzene rings is 2. The van der Waals surface area contributed by atoms with Gasteiger partial charge in [-0.15, -0.1) is 0 Å². The van der Waals surface area contributed by atoms with Crippen LogP contribution in [0.2, 0.25) is 5.02 Å². The largest absolute Gasteiger partial charge is 0.463 e. The molecule has 0 spiro atoms. The second-order valence-electron chi connectivity index (χ2n) is 8.35. The molecule has 7 heteroatoms. The van der Waals surface area contributed by atoms with Crippen LogP contribution in [-0.4, -0.2) is 46.8 Å². The molecule has 168 valence electrons. The highest BCUT2D eigenvalue weighted by Crippen LogP contribution is 2.26. The van der Waals surface area contributed by atoms with Crippen molar-refractivity contribution in [2.45, 2.75) is 13.8 Å². The summed E-state index contributed by atoms with van der Waals surface area (Å²) in [7, 11) is 0. The van der Waals surface area contributed by atoms with Gasteiger partial charge in [0.05, 0.1) is 12.0 Å². The van der Waals surface area contributed by atoms with Crippen molar-refractivity contribution in [3.05, 3.63) is 88.8 Å². The highest BCUT2D eigenvalue weighted by molar-refractivity contribution is 6.30. The summed E-state index contributed by atoms with van der Waals surface area (Å²) in [5.74, 6) is 0.601. The Kier molecular flexibility index (Phi) is 5.68. The Balaban J connectivity index is 1.44. The number of carbonyl (C=O) groups is 1. The lowest BCUT2D eigenvalue weighted by molar-refractivity contribution is 0.0737. The third-order valence-electron chi connectivity index (χ3n) is 6.02. The van der Waals surface area contributed by atoms with Gasteiger partial charge in [0.25, 0.3) is 5.91 Å². The fraction of sp³-hybridized carbons (Fsp3) is 0.231. The first-order valence-electron chi connectivity index (χ1n) is 11.0. The van der Waals surface area contributed by atoms with Crippen molar-refractivity contribution in [1.82, 2.24) is 14.7 Å². The first-order valence-corrected chi connectivity index (χ1v) is 11.4. The number of furan rings is 1. The van der Waals surface area contributed by atoms with Crippen molar-refractivity contribution >= 4 is 23.2 Å². The van der Waals surface area contributed by atoms with Crippen molar-refractivity contribution in [2.24, 2.45) is 0 Å². The van der Waals surface area contributed by atoms with E-state index in [4.69, 9.17) is 21.1 Å². The van der Waals surface area contributed by atoms with Gasteiger partial charge in [-0.3, -0.25) is 4.79 Å². The van der Waals surface area contributed by atoms with Crippen LogP contribution in [0.5, 0.6) is 0 Å². The van der Waals surface area contributed by atoms with Crippen LogP contribution in [0.4, 0.5) is 5.69 Å². The number of anilines is 1. The van der Waals surface area contributed by atoms with Crippen molar-refractivity contribution in [3.63, 3.8) is 0 Å². The molecule has 6 nitrogen and oxygen atoms in total. The summed E-state index contributed by atoms with van der Waals surface area (Å²) < 4.78 is 7.30. The van der Waals surface area contributed by atoms with E-state index in [-0.39, 0.29) is 5.91 Å². The maximum absolute atomic E-state index is 13.6. The smallest absolute Gasteiger partial charge is 0.272 e. The summed E-state index contributed by atoms with van der Waals surface area (Å²) in [6, 6.07) is 19.5. The topological polar surface area (TPSA) is 54.5 Å². The molecule has 0 atom stereocenters. The lowest BCUT2D eigenvalue weighted by atomic mass is 10.1. The van der Waals surface area contributed by atoms with Crippen LogP contribution in [0, 0.1) is 13.8 Å². The van der Waals surface area contributed by atoms with E-state index >= 15 is 0 Å². The quantitative estimate of drug-likeness (QED) is 0.411. The minimum absolute atomic E-state index is 0.0361. The molecular formula is C26H25ClN4O2. The fourth-order valence-electron chi connectivity index (χ4n) is 4.31. The average molecular weight is 461 g/mol. The molecule has 0 bridgehead atoms. The summed E-state index contributed by atoms with van der Waals surface area (Å²) in [6.07, 6.45) is 1.61. The molecule has 3 heterocycles. The number of amides is 1. The number of hydrogen-bond donors (Lipinski definition) is 0. The molecule has 2 aromatic carbocycles. The molecular weight excluding hydrogens is 436 g/mol. The van der Waals surface area contributed by atoms with Gasteiger partial charge in [-0.25, -0.2) is 4.68 Å². The summed E-state index contributed by atoms with van der Waals surface area (Å²) in [5.41, 5.74) is 5.36. The predicted octanol–water partition coefficient (Wildman–Crippen LogP) is 5.36. The van der Waals surface area contributed by atoms with Crippen molar-refractivity contribution in [1.29, 1.82) is 0 Å². The summed E-state index contributed by atoms with van der Waals surface area (Å²) >= 11 is 6.16. The number of piperazine rings is 1. The van der Waals surface area contributed by atoms with Crippen LogP contribution in [0.1, 0.15) is 21.6 Å². The highest BCUT2D eigenvalue weighted by Gasteiger charge is 2.27. The summed E-state index contributed by atoms with van der Waals surface area (Å²) in [6.45, 7) is 6.83. The van der Waals surface area contributed by atoms with Gasteiger partial charge in [0.15, 0.2) is 5.76 Å². The number of hydrogen-bond acceptors (Lipinski definition) is 4. The lowest BCUT2D eigenvalue weighted by Gasteiger charge is -2.36. The monoisotopic (exact) mass is 460 g/mol. The van der Waals surface area contributed by atoms with Crippen LogP contribution in [0.15, 0.2) is 71.3 Å². The number of halogens is 1. The molecule has 5 rings (SSSR count). The molecule has 2 aromatic heterocycles. The fourth-order valence-corrected chi connectivity index (χ4v) is 4.49. The molecule has 0 N–H and O–H groups in total. The molecule has 1 fully saturated rings. The van der Waals surface area contributed by atoms with Crippen LogP contribution >= 0.6 is 11.6 Å². The van der Waals surface area contributed by atoms with E-state index in [1.165, 1.54) is 5.56 Å². The molecule has 1 aliphatic heterocycles. The zero-order valence-electron chi connectivity index (χ0n) is 18.7. The molecule has 1 aliphatic rings. The van der Waals surface area contributed by atoms with E-state index in [0.29, 0.717) is 35.3 Å². The van der Waals surface area contributed by atoms with Gasteiger partial charge in [0, 0.05) is 43.0 Å². The number of rotatable bonds is 4. The number of aryl methyl sites for hydroxylation is 2. The Morgan fingerprint density at radius 1 is 0.970 bits per heavy atom. The van der Waals surface area contributed by atoms with Gasteiger partial charge in [0.2, 0.25) is 0 Å². The van der Waals surface area contributed by atoms with Gasteiger partial charge in [-0.1, -0.05) is 35.4 Å². The molecule has 4 aromatic rings. The van der Waals surface area contributed by atoms with E-state index in [9.17, 15) is 4.79 Å². The summed E-state index contributed by atoms with van der Waals surface area (Å²) in [4.78, 5) is 17.8. The van der Waals surface area contributed by atoms with Gasteiger partial charge in [-0.2, -0.15) is 5.10 Å². The first kappa shape index (κ1) is 21.3. The van der Waals surface area contributed by atoms with E-state index in [0.717, 1.165) is 30.0 Å². The maximum atomic E-state index is 13.6. The lowest BCUT2D eigenvalue weighted by Crippen LogP contribution is -2.49. The van der Waals surface area contributed by atoms with Crippen LogP contribution in [0.25, 0.3) is 17.1 Å². The van der Waals surface area contributed by atoms with E-state index in [2.05, 4.69) is 17.9 Å². The molecule has 0 saturated carbocycles. The molecule has 1 amide bonds. The second kappa shape index (κ2) is 8.79. The van der Waals surface area contributed by atoms with E-state index in [1.807, 2.05) is 66.4 Å². The Labute approximate surface area is 198 Å². The first-order chi connectivity index (χ1) is 16.0. The Hall–Kier alpha value is -3.51. The number of carbonyl (C=O) groups excluding carboxylic acids is 1. The molecule has 0 unspecified atom stereocenters. The zero-order valence-corrected chi connectivity index (χ0v) is 19.4. The SMILES string of the molecule is Cc1ccc(-n2nc(-c3ccco3)cc2C(=O)N2CCN(c3cccc(Cl)c3)CC2)c(C)c1. The molecule has 0 radical (unpaired) electrons. The van der Waals surface area contributed by atoms with E-state index in [1.54, 1.807) is 10.9 Å². The van der Waals surface area contributed by atoms with Gasteiger partial charge in [-0.05, 0) is 55.8 Å². The third kappa shape index (κ3) is 4.26. The van der Waals surface area contributed by atoms with Crippen molar-refractivity contribution in [2.75, 3.05) is 31.1 Å². The minimum atomic E-state index is -0.0361. The van der Waals surface area contributed by atoms with Crippen molar-refractivity contribution < 1.29 is 9.21 Å². The van der Waals surface area contributed by atoms with Gasteiger partial charge < -0.3 is 14.2 Å². The summed E-state index contributed by atoms with van der Waals surface area (Å²) in [5, 5.41) is 5.47. The third-order valence-corrected chi connectivity index (χ3v) is 6.26. The maximum Gasteiger partial charge on any atom is 0.272 e. The Morgan fingerprint density at radius 2 is 1.79 bits per heavy atom. The van der Waals surface area contributed by atoms with Crippen LogP contribution < -0.4 is 4.90 Å². The Morgan fingerprint density at radius 3 is 2.48 bits per heavy atom. The van der Waals surface area contributed by atoms with Crippen molar-refractivity contribution in [3.8, 4) is 17.1 Å². The number of nitrogens with zero attached hydrogens (tertiary/aromatic N) is 4.